The van der Waals surface area contributed by atoms with Crippen LogP contribution in [0.4, 0.5) is 5.69 Å². The summed E-state index contributed by atoms with van der Waals surface area (Å²) >= 11 is 0. The van der Waals surface area contributed by atoms with Crippen LogP contribution in [0.3, 0.4) is 0 Å². The second-order valence-corrected chi connectivity index (χ2v) is 10.1. The van der Waals surface area contributed by atoms with Gasteiger partial charge in [-0.3, -0.25) is 9.69 Å². The van der Waals surface area contributed by atoms with E-state index >= 15 is 0 Å². The summed E-state index contributed by atoms with van der Waals surface area (Å²) in [5.41, 5.74) is 1.95. The van der Waals surface area contributed by atoms with E-state index in [1.807, 2.05) is 53.4 Å². The van der Waals surface area contributed by atoms with E-state index in [1.54, 1.807) is 12.0 Å². The van der Waals surface area contributed by atoms with Gasteiger partial charge < -0.3 is 14.4 Å². The van der Waals surface area contributed by atoms with Gasteiger partial charge in [0.15, 0.2) is 9.84 Å². The number of piperazine rings is 1. The number of rotatable bonds is 7. The first-order valence-electron chi connectivity index (χ1n) is 10.5. The number of carbonyl (C=O) groups is 1. The van der Waals surface area contributed by atoms with Crippen molar-refractivity contribution in [3.05, 3.63) is 54.1 Å². The van der Waals surface area contributed by atoms with E-state index in [0.717, 1.165) is 17.9 Å². The minimum absolute atomic E-state index is 0.00519. The van der Waals surface area contributed by atoms with Gasteiger partial charge in [-0.25, -0.2) is 8.42 Å². The molecule has 1 amide bonds. The zero-order chi connectivity index (χ0) is 22.0. The first kappa shape index (κ1) is 21.6. The van der Waals surface area contributed by atoms with Crippen molar-refractivity contribution in [1.82, 2.24) is 4.90 Å². The van der Waals surface area contributed by atoms with E-state index in [2.05, 4.69) is 6.92 Å². The van der Waals surface area contributed by atoms with Gasteiger partial charge in [-0.05, 0) is 48.4 Å². The Morgan fingerprint density at radius 1 is 0.968 bits per heavy atom. The first-order chi connectivity index (χ1) is 14.9. The number of anilines is 1. The molecule has 0 radical (unpaired) electrons. The van der Waals surface area contributed by atoms with Crippen LogP contribution in [-0.2, 0) is 21.1 Å². The van der Waals surface area contributed by atoms with Crippen LogP contribution in [0.2, 0.25) is 0 Å². The lowest BCUT2D eigenvalue weighted by Gasteiger charge is -2.43. The van der Waals surface area contributed by atoms with Crippen LogP contribution in [0, 0.1) is 0 Å². The van der Waals surface area contributed by atoms with Crippen molar-refractivity contribution >= 4 is 21.4 Å². The molecule has 2 atom stereocenters. The highest BCUT2D eigenvalue weighted by molar-refractivity contribution is 7.91. The Morgan fingerprint density at radius 3 is 2.26 bits per heavy atom. The van der Waals surface area contributed by atoms with Crippen LogP contribution < -0.4 is 14.4 Å². The van der Waals surface area contributed by atoms with Crippen molar-refractivity contribution in [2.75, 3.05) is 43.2 Å². The quantitative estimate of drug-likeness (QED) is 0.651. The van der Waals surface area contributed by atoms with Gasteiger partial charge in [0, 0.05) is 18.3 Å². The molecule has 2 aromatic rings. The lowest BCUT2D eigenvalue weighted by atomic mass is 10.0. The fourth-order valence-corrected chi connectivity index (χ4v) is 6.36. The molecule has 7 nitrogen and oxygen atoms in total. The highest BCUT2D eigenvalue weighted by Gasteiger charge is 2.49. The molecule has 2 aromatic carbocycles. The fraction of sp³-hybridized carbons (Fsp3) is 0.435. The number of amides is 1. The molecule has 0 spiro atoms. The monoisotopic (exact) mass is 444 g/mol. The molecule has 31 heavy (non-hydrogen) atoms. The Balaban J connectivity index is 1.47. The predicted molar refractivity (Wildman–Crippen MR) is 120 cm³/mol. The Kier molecular flexibility index (Phi) is 6.20. The first-order valence-corrected chi connectivity index (χ1v) is 12.3. The molecular weight excluding hydrogens is 416 g/mol. The van der Waals surface area contributed by atoms with E-state index in [9.17, 15) is 13.2 Å². The summed E-state index contributed by atoms with van der Waals surface area (Å²) in [5, 5.41) is 0. The average Bonchev–Trinajstić information content (AvgIpc) is 3.09. The highest BCUT2D eigenvalue weighted by Crippen LogP contribution is 2.31. The lowest BCUT2D eigenvalue weighted by Crippen LogP contribution is -2.62. The minimum atomic E-state index is -3.21. The largest absolute Gasteiger partial charge is 0.497 e. The zero-order valence-corrected chi connectivity index (χ0v) is 18.7. The second kappa shape index (κ2) is 8.88. The van der Waals surface area contributed by atoms with E-state index in [1.165, 1.54) is 5.56 Å². The van der Waals surface area contributed by atoms with Gasteiger partial charge in [0.25, 0.3) is 0 Å². The van der Waals surface area contributed by atoms with Gasteiger partial charge in [0.2, 0.25) is 5.91 Å². The van der Waals surface area contributed by atoms with Gasteiger partial charge >= 0.3 is 0 Å². The van der Waals surface area contributed by atoms with E-state index in [4.69, 9.17) is 9.47 Å². The van der Waals surface area contributed by atoms with Crippen LogP contribution in [0.15, 0.2) is 48.5 Å². The molecule has 0 saturated carbocycles. The van der Waals surface area contributed by atoms with E-state index in [-0.39, 0.29) is 36.0 Å². The maximum absolute atomic E-state index is 13.1. The molecule has 2 fully saturated rings. The molecule has 2 heterocycles. The summed E-state index contributed by atoms with van der Waals surface area (Å²) in [5.74, 6) is 1.44. The smallest absolute Gasteiger partial charge is 0.241 e. The number of aryl methyl sites for hydroxylation is 1. The number of fused-ring (bicyclic) bond motifs is 1. The molecule has 4 rings (SSSR count). The molecule has 0 unspecified atom stereocenters. The molecule has 0 bridgehead atoms. The van der Waals surface area contributed by atoms with Gasteiger partial charge in [-0.15, -0.1) is 0 Å². The van der Waals surface area contributed by atoms with Crippen molar-refractivity contribution in [2.45, 2.75) is 25.4 Å². The zero-order valence-electron chi connectivity index (χ0n) is 17.9. The maximum Gasteiger partial charge on any atom is 0.241 e. The van der Waals surface area contributed by atoms with Crippen LogP contribution in [0.1, 0.15) is 12.5 Å². The summed E-state index contributed by atoms with van der Waals surface area (Å²) in [6.07, 6.45) is 0.913. The number of ether oxygens (including phenoxy) is 2. The Morgan fingerprint density at radius 2 is 1.61 bits per heavy atom. The van der Waals surface area contributed by atoms with Crippen molar-refractivity contribution in [1.29, 1.82) is 0 Å². The molecular formula is C23H28N2O5S. The Bertz CT molecular complexity index is 1020. The molecule has 166 valence electrons. The number of methoxy groups -OCH3 is 1. The third-order valence-electron chi connectivity index (χ3n) is 6.03. The van der Waals surface area contributed by atoms with Crippen molar-refractivity contribution in [2.24, 2.45) is 0 Å². The van der Waals surface area contributed by atoms with Crippen LogP contribution in [0.5, 0.6) is 11.5 Å². The summed E-state index contributed by atoms with van der Waals surface area (Å²) < 4.78 is 35.9. The molecule has 0 N–H and O–H groups in total. The number of hydrogen-bond acceptors (Lipinski definition) is 6. The number of nitrogens with zero attached hydrogens (tertiary/aromatic N) is 2. The van der Waals surface area contributed by atoms with Crippen molar-refractivity contribution in [3.63, 3.8) is 0 Å². The van der Waals surface area contributed by atoms with Gasteiger partial charge in [-0.2, -0.15) is 0 Å². The minimum Gasteiger partial charge on any atom is -0.497 e. The maximum atomic E-state index is 13.1. The van der Waals surface area contributed by atoms with E-state index < -0.39 is 9.84 Å². The molecule has 0 aliphatic carbocycles. The number of hydrogen-bond donors (Lipinski definition) is 0. The standard InChI is InChI=1S/C23H28N2O5S/c1-3-17-4-6-18(7-5-17)25-22-16-31(27,28)15-21(22)24(14-23(25)26)12-13-30-20-10-8-19(29-2)9-11-20/h4-11,21-22H,3,12-16H2,1-2H3/t21-,22+/m0/s1. The molecule has 2 aliphatic rings. The van der Waals surface area contributed by atoms with Crippen LogP contribution >= 0.6 is 0 Å². The lowest BCUT2D eigenvalue weighted by molar-refractivity contribution is -0.123. The summed E-state index contributed by atoms with van der Waals surface area (Å²) in [6.45, 7) is 3.11. The van der Waals surface area contributed by atoms with Gasteiger partial charge in [0.05, 0.1) is 31.2 Å². The summed E-state index contributed by atoms with van der Waals surface area (Å²) in [4.78, 5) is 16.7. The van der Waals surface area contributed by atoms with E-state index in [0.29, 0.717) is 18.9 Å². The normalized spacial score (nSPS) is 22.9. The number of carbonyl (C=O) groups excluding carboxylic acids is 1. The molecule has 8 heteroatoms. The topological polar surface area (TPSA) is 76.2 Å². The number of benzene rings is 2. The van der Waals surface area contributed by atoms with Gasteiger partial charge in [0.1, 0.15) is 18.1 Å². The second-order valence-electron chi connectivity index (χ2n) is 7.99. The summed E-state index contributed by atoms with van der Waals surface area (Å²) in [6, 6.07) is 14.5. The summed E-state index contributed by atoms with van der Waals surface area (Å²) in [7, 11) is -1.61. The third kappa shape index (κ3) is 4.70. The Labute approximate surface area is 183 Å². The predicted octanol–water partition coefficient (Wildman–Crippen LogP) is 2.15. The number of sulfone groups is 1. The highest BCUT2D eigenvalue weighted by atomic mass is 32.2. The van der Waals surface area contributed by atoms with Gasteiger partial charge in [-0.1, -0.05) is 19.1 Å². The average molecular weight is 445 g/mol. The molecule has 2 aliphatic heterocycles. The Hall–Kier alpha value is -2.58. The third-order valence-corrected chi connectivity index (χ3v) is 7.73. The van der Waals surface area contributed by atoms with Crippen molar-refractivity contribution < 1.29 is 22.7 Å². The molecule has 0 aromatic heterocycles. The SMILES string of the molecule is CCc1ccc(N2C(=O)CN(CCOc3ccc(OC)cc3)[C@H]3CS(=O)(=O)C[C@H]32)cc1. The van der Waals surface area contributed by atoms with Crippen LogP contribution in [0.25, 0.3) is 0 Å². The van der Waals surface area contributed by atoms with Crippen LogP contribution in [-0.4, -0.2) is 69.6 Å². The fourth-order valence-electron chi connectivity index (χ4n) is 4.38. The molecule has 2 saturated heterocycles. The van der Waals surface area contributed by atoms with Crippen molar-refractivity contribution in [3.8, 4) is 11.5 Å².